The van der Waals surface area contributed by atoms with Gasteiger partial charge < -0.3 is 10.4 Å². The lowest BCUT2D eigenvalue weighted by atomic mass is 9.84. The summed E-state index contributed by atoms with van der Waals surface area (Å²) in [6, 6.07) is 2.86. The summed E-state index contributed by atoms with van der Waals surface area (Å²) in [5.74, 6) is -2.18. The number of benzene rings is 1. The summed E-state index contributed by atoms with van der Waals surface area (Å²) in [4.78, 5) is 21.4. The van der Waals surface area contributed by atoms with Crippen LogP contribution in [0.4, 0.5) is 15.8 Å². The van der Waals surface area contributed by atoms with Gasteiger partial charge in [-0.15, -0.1) is 0 Å². The highest BCUT2D eigenvalue weighted by Gasteiger charge is 2.32. The number of carbonyl (C=O) groups is 1. The minimum Gasteiger partial charge on any atom is -0.481 e. The molecule has 0 radical (unpaired) electrons. The van der Waals surface area contributed by atoms with Gasteiger partial charge in [-0.05, 0) is 25.0 Å². The molecule has 20 heavy (non-hydrogen) atoms. The number of aliphatic carboxylic acids is 1. The zero-order chi connectivity index (χ0) is 14.7. The van der Waals surface area contributed by atoms with Crippen LogP contribution < -0.4 is 5.32 Å². The van der Waals surface area contributed by atoms with E-state index in [0.717, 1.165) is 25.0 Å². The highest BCUT2D eigenvalue weighted by Crippen LogP contribution is 2.31. The fraction of sp³-hybridized carbons (Fsp3) is 0.462. The minimum atomic E-state index is -0.910. The number of nitrogens with one attached hydrogen (secondary N) is 1. The smallest absolute Gasteiger partial charge is 0.308 e. The molecular weight excluding hydrogens is 267 g/mol. The number of anilines is 1. The molecule has 1 saturated carbocycles. The van der Waals surface area contributed by atoms with Crippen molar-refractivity contribution in [1.82, 2.24) is 0 Å². The molecule has 2 unspecified atom stereocenters. The van der Waals surface area contributed by atoms with Crippen LogP contribution in [0.3, 0.4) is 0 Å². The van der Waals surface area contributed by atoms with Crippen LogP contribution in [-0.2, 0) is 4.79 Å². The van der Waals surface area contributed by atoms with Crippen LogP contribution in [0.25, 0.3) is 0 Å². The second-order valence-corrected chi connectivity index (χ2v) is 4.90. The second-order valence-electron chi connectivity index (χ2n) is 4.90. The van der Waals surface area contributed by atoms with Crippen molar-refractivity contribution < 1.29 is 19.2 Å². The van der Waals surface area contributed by atoms with Crippen molar-refractivity contribution in [3.63, 3.8) is 0 Å². The van der Waals surface area contributed by atoms with Gasteiger partial charge in [0.25, 0.3) is 5.69 Å². The number of hydrogen-bond acceptors (Lipinski definition) is 4. The number of nitro benzene ring substituents is 1. The van der Waals surface area contributed by atoms with Crippen molar-refractivity contribution in [2.45, 2.75) is 31.7 Å². The first-order valence-corrected chi connectivity index (χ1v) is 6.42. The molecule has 1 aliphatic rings. The van der Waals surface area contributed by atoms with Gasteiger partial charge in [0.2, 0.25) is 0 Å². The fourth-order valence-electron chi connectivity index (χ4n) is 2.58. The highest BCUT2D eigenvalue weighted by atomic mass is 19.1. The van der Waals surface area contributed by atoms with Crippen LogP contribution >= 0.6 is 0 Å². The molecule has 2 N–H and O–H groups in total. The van der Waals surface area contributed by atoms with E-state index in [1.807, 2.05) is 0 Å². The fourth-order valence-corrected chi connectivity index (χ4v) is 2.58. The first kappa shape index (κ1) is 14.2. The molecule has 108 valence electrons. The molecule has 1 aliphatic carbocycles. The molecular formula is C13H15FN2O4. The van der Waals surface area contributed by atoms with Gasteiger partial charge in [-0.3, -0.25) is 14.9 Å². The Labute approximate surface area is 114 Å². The number of rotatable bonds is 4. The maximum absolute atomic E-state index is 13.1. The van der Waals surface area contributed by atoms with Gasteiger partial charge >= 0.3 is 5.97 Å². The molecule has 2 rings (SSSR count). The Bertz CT molecular complexity index is 535. The topological polar surface area (TPSA) is 92.5 Å². The van der Waals surface area contributed by atoms with E-state index < -0.39 is 22.6 Å². The maximum atomic E-state index is 13.1. The van der Waals surface area contributed by atoms with E-state index in [2.05, 4.69) is 5.32 Å². The maximum Gasteiger partial charge on any atom is 0.308 e. The first-order valence-electron chi connectivity index (χ1n) is 6.42. The number of nitrogens with zero attached hydrogens (tertiary/aromatic N) is 1. The van der Waals surface area contributed by atoms with Crippen LogP contribution in [0.1, 0.15) is 25.7 Å². The van der Waals surface area contributed by atoms with E-state index in [-0.39, 0.29) is 17.4 Å². The molecule has 7 heteroatoms. The lowest BCUT2D eigenvalue weighted by Crippen LogP contribution is -2.37. The largest absolute Gasteiger partial charge is 0.481 e. The predicted molar refractivity (Wildman–Crippen MR) is 70.1 cm³/mol. The van der Waals surface area contributed by atoms with Crippen molar-refractivity contribution >= 4 is 17.3 Å². The number of nitro groups is 1. The summed E-state index contributed by atoms with van der Waals surface area (Å²) in [5, 5.41) is 23.0. The van der Waals surface area contributed by atoms with E-state index in [0.29, 0.717) is 12.8 Å². The van der Waals surface area contributed by atoms with Crippen molar-refractivity contribution in [1.29, 1.82) is 0 Å². The van der Waals surface area contributed by atoms with Crippen molar-refractivity contribution in [2.75, 3.05) is 5.32 Å². The van der Waals surface area contributed by atoms with Crippen LogP contribution in [0.5, 0.6) is 0 Å². The Balaban J connectivity index is 2.24. The molecule has 0 heterocycles. The number of carboxylic acid groups (broad SMARTS) is 1. The summed E-state index contributed by atoms with van der Waals surface area (Å²) >= 11 is 0. The normalized spacial score (nSPS) is 22.2. The van der Waals surface area contributed by atoms with E-state index in [9.17, 15) is 24.4 Å². The molecule has 0 bridgehead atoms. The summed E-state index contributed by atoms with van der Waals surface area (Å²) in [5.41, 5.74) is -0.214. The van der Waals surface area contributed by atoms with Gasteiger partial charge in [0.1, 0.15) is 11.5 Å². The van der Waals surface area contributed by atoms with E-state index in [1.54, 1.807) is 0 Å². The van der Waals surface area contributed by atoms with E-state index in [4.69, 9.17) is 0 Å². The predicted octanol–water partition coefficient (Wildman–Crippen LogP) is 2.79. The average molecular weight is 282 g/mol. The number of carboxylic acids is 1. The molecule has 1 aromatic carbocycles. The van der Waals surface area contributed by atoms with Crippen LogP contribution in [0.15, 0.2) is 18.2 Å². The van der Waals surface area contributed by atoms with Gasteiger partial charge in [0.15, 0.2) is 0 Å². The number of halogens is 1. The third-order valence-electron chi connectivity index (χ3n) is 3.58. The van der Waals surface area contributed by atoms with Gasteiger partial charge in [-0.25, -0.2) is 4.39 Å². The van der Waals surface area contributed by atoms with Gasteiger partial charge in [0.05, 0.1) is 16.9 Å². The van der Waals surface area contributed by atoms with Crippen LogP contribution in [0, 0.1) is 21.8 Å². The molecule has 0 amide bonds. The lowest BCUT2D eigenvalue weighted by molar-refractivity contribution is -0.384. The first-order chi connectivity index (χ1) is 9.49. The van der Waals surface area contributed by atoms with Crippen molar-refractivity contribution in [3.05, 3.63) is 34.1 Å². The zero-order valence-electron chi connectivity index (χ0n) is 10.7. The van der Waals surface area contributed by atoms with Crippen LogP contribution in [0.2, 0.25) is 0 Å². The summed E-state index contributed by atoms with van der Waals surface area (Å²) in [7, 11) is 0. The number of hydrogen-bond donors (Lipinski definition) is 2. The Morgan fingerprint density at radius 2 is 2.10 bits per heavy atom. The SMILES string of the molecule is O=C(O)C1CCCCC1Nc1ccc(F)cc1[N+](=O)[O-]. The molecule has 6 nitrogen and oxygen atoms in total. The minimum absolute atomic E-state index is 0.162. The van der Waals surface area contributed by atoms with Crippen molar-refractivity contribution in [2.24, 2.45) is 5.92 Å². The van der Waals surface area contributed by atoms with Gasteiger partial charge in [-0.2, -0.15) is 0 Å². The lowest BCUT2D eigenvalue weighted by Gasteiger charge is -2.29. The summed E-state index contributed by atoms with van der Waals surface area (Å²) in [6.07, 6.45) is 2.88. The molecule has 1 aromatic rings. The third kappa shape index (κ3) is 3.04. The van der Waals surface area contributed by atoms with E-state index >= 15 is 0 Å². The monoisotopic (exact) mass is 282 g/mol. The van der Waals surface area contributed by atoms with Gasteiger partial charge in [0, 0.05) is 6.04 Å². The third-order valence-corrected chi connectivity index (χ3v) is 3.58. The van der Waals surface area contributed by atoms with E-state index in [1.165, 1.54) is 6.07 Å². The Hall–Kier alpha value is -2.18. The molecule has 0 spiro atoms. The zero-order valence-corrected chi connectivity index (χ0v) is 10.7. The quantitative estimate of drug-likeness (QED) is 0.654. The molecule has 0 saturated heterocycles. The van der Waals surface area contributed by atoms with Crippen LogP contribution in [-0.4, -0.2) is 22.0 Å². The molecule has 1 fully saturated rings. The molecule has 0 aliphatic heterocycles. The Morgan fingerprint density at radius 1 is 1.40 bits per heavy atom. The summed E-state index contributed by atoms with van der Waals surface area (Å²) < 4.78 is 13.1. The molecule has 2 atom stereocenters. The van der Waals surface area contributed by atoms with Gasteiger partial charge in [-0.1, -0.05) is 12.8 Å². The Morgan fingerprint density at radius 3 is 2.75 bits per heavy atom. The molecule has 0 aromatic heterocycles. The summed E-state index contributed by atoms with van der Waals surface area (Å²) in [6.45, 7) is 0. The standard InChI is InChI=1S/C13H15FN2O4/c14-8-5-6-11(12(7-8)16(19)20)15-10-4-2-1-3-9(10)13(17)18/h5-7,9-10,15H,1-4H2,(H,17,18). The second kappa shape index (κ2) is 5.85. The average Bonchev–Trinajstić information content (AvgIpc) is 2.41. The highest BCUT2D eigenvalue weighted by molar-refractivity contribution is 5.72. The Kier molecular flexibility index (Phi) is 4.16. The van der Waals surface area contributed by atoms with Crippen molar-refractivity contribution in [3.8, 4) is 0 Å².